The summed E-state index contributed by atoms with van der Waals surface area (Å²) in [4.78, 5) is 3.67. The maximum absolute atomic E-state index is 12.9. The van der Waals surface area contributed by atoms with Crippen LogP contribution < -0.4 is 14.9 Å². The van der Waals surface area contributed by atoms with Crippen LogP contribution in [-0.4, -0.2) is 33.6 Å². The highest BCUT2D eigenvalue weighted by molar-refractivity contribution is 7.92. The molecule has 1 saturated heterocycles. The van der Waals surface area contributed by atoms with E-state index < -0.39 is 10.0 Å². The number of anilines is 2. The van der Waals surface area contributed by atoms with Gasteiger partial charge >= 0.3 is 0 Å². The van der Waals surface area contributed by atoms with Gasteiger partial charge in [-0.25, -0.2) is 8.42 Å². The van der Waals surface area contributed by atoms with Gasteiger partial charge in [-0.3, -0.25) is 4.72 Å². The van der Waals surface area contributed by atoms with E-state index >= 15 is 0 Å². The Morgan fingerprint density at radius 3 is 2.38 bits per heavy atom. The Balaban J connectivity index is 1.52. The number of nitrogens with zero attached hydrogens (tertiary/aromatic N) is 1. The van der Waals surface area contributed by atoms with Crippen molar-refractivity contribution in [3.63, 3.8) is 0 Å². The van der Waals surface area contributed by atoms with Crippen molar-refractivity contribution >= 4 is 32.7 Å². The summed E-state index contributed by atoms with van der Waals surface area (Å²) in [5.74, 6) is 0. The summed E-state index contributed by atoms with van der Waals surface area (Å²) in [6.45, 7) is 6.11. The smallest absolute Gasteiger partial charge is 0.261 e. The van der Waals surface area contributed by atoms with Crippen molar-refractivity contribution in [2.75, 3.05) is 22.7 Å². The molecule has 0 radical (unpaired) electrons. The van der Waals surface area contributed by atoms with E-state index in [1.54, 1.807) is 29.5 Å². The Kier molecular flexibility index (Phi) is 5.63. The lowest BCUT2D eigenvalue weighted by molar-refractivity contribution is 0.407. The molecule has 0 bridgehead atoms. The largest absolute Gasteiger partial charge is 0.368 e. The molecule has 0 spiro atoms. The van der Waals surface area contributed by atoms with E-state index in [-0.39, 0.29) is 4.90 Å². The zero-order valence-electron chi connectivity index (χ0n) is 16.5. The second-order valence-electron chi connectivity index (χ2n) is 7.53. The zero-order chi connectivity index (χ0) is 20.4. The summed E-state index contributed by atoms with van der Waals surface area (Å²) in [5.41, 5.74) is 2.62. The molecule has 0 saturated carbocycles. The van der Waals surface area contributed by atoms with E-state index in [1.165, 1.54) is 0 Å². The summed E-state index contributed by atoms with van der Waals surface area (Å²) >= 11 is 1.63. The molecule has 1 aliphatic rings. The van der Waals surface area contributed by atoms with Gasteiger partial charge in [-0.2, -0.15) is 0 Å². The van der Waals surface area contributed by atoms with Crippen molar-refractivity contribution in [2.45, 2.75) is 30.8 Å². The lowest BCUT2D eigenvalue weighted by Gasteiger charge is -2.37. The first-order chi connectivity index (χ1) is 13.9. The monoisotopic (exact) mass is 427 g/mol. The minimum Gasteiger partial charge on any atom is -0.368 e. The second-order valence-corrected chi connectivity index (χ2v) is 10.2. The second kappa shape index (κ2) is 8.18. The van der Waals surface area contributed by atoms with Crippen LogP contribution in [0.3, 0.4) is 0 Å². The molecule has 0 amide bonds. The van der Waals surface area contributed by atoms with Crippen LogP contribution in [0, 0.1) is 0 Å². The molecule has 0 unspecified atom stereocenters. The minimum absolute atomic E-state index is 0.257. The quantitative estimate of drug-likeness (QED) is 0.633. The lowest BCUT2D eigenvalue weighted by atomic mass is 10.1. The number of hydrogen-bond acceptors (Lipinski definition) is 5. The summed E-state index contributed by atoms with van der Waals surface area (Å²) < 4.78 is 28.4. The van der Waals surface area contributed by atoms with Gasteiger partial charge < -0.3 is 10.2 Å². The first kappa shape index (κ1) is 19.9. The molecule has 2 heterocycles. The van der Waals surface area contributed by atoms with Crippen molar-refractivity contribution in [1.82, 2.24) is 5.32 Å². The van der Waals surface area contributed by atoms with Gasteiger partial charge in [0.2, 0.25) is 0 Å². The van der Waals surface area contributed by atoms with Crippen molar-refractivity contribution in [3.8, 4) is 10.4 Å². The van der Waals surface area contributed by atoms with Crippen LogP contribution in [0.15, 0.2) is 70.9 Å². The molecular weight excluding hydrogens is 402 g/mol. The van der Waals surface area contributed by atoms with Crippen LogP contribution in [0.25, 0.3) is 10.4 Å². The Bertz CT molecular complexity index is 1050. The van der Waals surface area contributed by atoms with Crippen molar-refractivity contribution in [3.05, 3.63) is 66.0 Å². The van der Waals surface area contributed by atoms with E-state index in [4.69, 9.17) is 0 Å². The van der Waals surface area contributed by atoms with Crippen LogP contribution in [0.4, 0.5) is 11.4 Å². The standard InChI is InChI=1S/C22H25N3O2S2/c1-16-14-25(15-17(2)23-16)20-6-3-5-19(13-20)24-29(26,27)21-10-8-18(9-11-21)22-7-4-12-28-22/h3-13,16-17,23-24H,14-15H2,1-2H3/t16-,17+. The highest BCUT2D eigenvalue weighted by Crippen LogP contribution is 2.27. The Labute approximate surface area is 176 Å². The van der Waals surface area contributed by atoms with E-state index in [9.17, 15) is 8.42 Å². The van der Waals surface area contributed by atoms with Crippen LogP contribution in [-0.2, 0) is 10.0 Å². The molecule has 1 fully saturated rings. The van der Waals surface area contributed by atoms with E-state index in [0.29, 0.717) is 17.8 Å². The average Bonchev–Trinajstić information content (AvgIpc) is 3.22. The number of hydrogen-bond donors (Lipinski definition) is 2. The lowest BCUT2D eigenvalue weighted by Crippen LogP contribution is -2.54. The maximum atomic E-state index is 12.9. The van der Waals surface area contributed by atoms with Crippen LogP contribution in [0.2, 0.25) is 0 Å². The molecule has 3 aromatic rings. The molecule has 1 aromatic heterocycles. The third-order valence-corrected chi connectivity index (χ3v) is 7.31. The molecular formula is C22H25N3O2S2. The SMILES string of the molecule is C[C@@H]1CN(c2cccc(NS(=O)(=O)c3ccc(-c4cccs4)cc3)c2)C[C@H](C)N1. The Morgan fingerprint density at radius 2 is 1.72 bits per heavy atom. The topological polar surface area (TPSA) is 61.4 Å². The van der Waals surface area contributed by atoms with Gasteiger partial charge in [-0.15, -0.1) is 11.3 Å². The van der Waals surface area contributed by atoms with Crippen molar-refractivity contribution < 1.29 is 8.42 Å². The fourth-order valence-electron chi connectivity index (χ4n) is 3.76. The van der Waals surface area contributed by atoms with E-state index in [1.807, 2.05) is 47.8 Å². The van der Waals surface area contributed by atoms with Gasteiger partial charge in [-0.1, -0.05) is 24.3 Å². The molecule has 152 valence electrons. The predicted molar refractivity (Wildman–Crippen MR) is 121 cm³/mol. The Hall–Kier alpha value is -2.35. The minimum atomic E-state index is -3.65. The molecule has 2 N–H and O–H groups in total. The number of piperazine rings is 1. The van der Waals surface area contributed by atoms with E-state index in [0.717, 1.165) is 29.2 Å². The fourth-order valence-corrected chi connectivity index (χ4v) is 5.54. The predicted octanol–water partition coefficient (Wildman–Crippen LogP) is 4.40. The van der Waals surface area contributed by atoms with Gasteiger partial charge in [0.25, 0.3) is 10.0 Å². The molecule has 4 rings (SSSR count). The summed E-state index contributed by atoms with van der Waals surface area (Å²) in [6, 6.07) is 19.4. The zero-order valence-corrected chi connectivity index (χ0v) is 18.1. The molecule has 5 nitrogen and oxygen atoms in total. The highest BCUT2D eigenvalue weighted by atomic mass is 32.2. The fraction of sp³-hybridized carbons (Fsp3) is 0.273. The van der Waals surface area contributed by atoms with Crippen LogP contribution >= 0.6 is 11.3 Å². The third-order valence-electron chi connectivity index (χ3n) is 4.99. The van der Waals surface area contributed by atoms with Crippen molar-refractivity contribution in [1.29, 1.82) is 0 Å². The Morgan fingerprint density at radius 1 is 1.00 bits per heavy atom. The number of benzene rings is 2. The summed E-state index contributed by atoms with van der Waals surface area (Å²) in [6.07, 6.45) is 0. The number of nitrogens with one attached hydrogen (secondary N) is 2. The number of rotatable bonds is 5. The molecule has 2 aromatic carbocycles. The first-order valence-corrected chi connectivity index (χ1v) is 12.0. The summed E-state index contributed by atoms with van der Waals surface area (Å²) in [5, 5.41) is 5.52. The maximum Gasteiger partial charge on any atom is 0.261 e. The van der Waals surface area contributed by atoms with Gasteiger partial charge in [0.05, 0.1) is 10.6 Å². The summed E-state index contributed by atoms with van der Waals surface area (Å²) in [7, 11) is -3.65. The van der Waals surface area contributed by atoms with Crippen LogP contribution in [0.1, 0.15) is 13.8 Å². The molecule has 2 atom stereocenters. The average molecular weight is 428 g/mol. The van der Waals surface area contributed by atoms with Gasteiger partial charge in [0, 0.05) is 35.7 Å². The third kappa shape index (κ3) is 4.63. The van der Waals surface area contributed by atoms with Gasteiger partial charge in [0.1, 0.15) is 0 Å². The van der Waals surface area contributed by atoms with Gasteiger partial charge in [-0.05, 0) is 61.2 Å². The molecule has 7 heteroatoms. The molecule has 29 heavy (non-hydrogen) atoms. The normalized spacial score (nSPS) is 19.9. The molecule has 0 aliphatic carbocycles. The number of sulfonamides is 1. The van der Waals surface area contributed by atoms with Crippen LogP contribution in [0.5, 0.6) is 0 Å². The molecule has 1 aliphatic heterocycles. The highest BCUT2D eigenvalue weighted by Gasteiger charge is 2.22. The van der Waals surface area contributed by atoms with Crippen molar-refractivity contribution in [2.24, 2.45) is 0 Å². The first-order valence-electron chi connectivity index (χ1n) is 9.68. The number of thiophene rings is 1. The van der Waals surface area contributed by atoms with E-state index in [2.05, 4.69) is 28.8 Å². The van der Waals surface area contributed by atoms with Gasteiger partial charge in [0.15, 0.2) is 0 Å².